The minimum atomic E-state index is -0.991. The zero-order valence-electron chi connectivity index (χ0n) is 10.7. The molecule has 1 amide bonds. The molecule has 0 aromatic rings. The van der Waals surface area contributed by atoms with Crippen molar-refractivity contribution in [3.63, 3.8) is 0 Å². The van der Waals surface area contributed by atoms with E-state index >= 15 is 0 Å². The molecule has 0 aromatic heterocycles. The summed E-state index contributed by atoms with van der Waals surface area (Å²) in [5, 5.41) is 9.25. The molecule has 1 fully saturated rings. The fourth-order valence-corrected chi connectivity index (χ4v) is 1.77. The lowest BCUT2D eigenvalue weighted by Gasteiger charge is -2.33. The van der Waals surface area contributed by atoms with Gasteiger partial charge >= 0.3 is 5.97 Å². The summed E-state index contributed by atoms with van der Waals surface area (Å²) in [6.45, 7) is 7.51. The third-order valence-corrected chi connectivity index (χ3v) is 3.65. The van der Waals surface area contributed by atoms with Gasteiger partial charge in [-0.05, 0) is 12.8 Å². The quantitative estimate of drug-likeness (QED) is 0.799. The molecule has 1 unspecified atom stereocenters. The standard InChI is InChI=1S/C12H21NO4/c1-9(2)12(3,11(15)16)8-10(14)13-4-6-17-7-5-13/h9H,4-8H2,1-3H3,(H,15,16). The van der Waals surface area contributed by atoms with E-state index in [1.54, 1.807) is 11.8 Å². The third-order valence-electron chi connectivity index (χ3n) is 3.65. The molecule has 1 saturated heterocycles. The predicted molar refractivity (Wildman–Crippen MR) is 62.6 cm³/mol. The van der Waals surface area contributed by atoms with Gasteiger partial charge in [0.15, 0.2) is 0 Å². The van der Waals surface area contributed by atoms with Gasteiger partial charge in [0.1, 0.15) is 0 Å². The fraction of sp³-hybridized carbons (Fsp3) is 0.833. The van der Waals surface area contributed by atoms with Crippen LogP contribution in [0, 0.1) is 11.3 Å². The van der Waals surface area contributed by atoms with Crippen LogP contribution in [-0.4, -0.2) is 48.2 Å². The molecule has 5 heteroatoms. The summed E-state index contributed by atoms with van der Waals surface area (Å²) in [5.74, 6) is -1.08. The van der Waals surface area contributed by atoms with Crippen LogP contribution in [0.3, 0.4) is 0 Å². The molecule has 1 heterocycles. The smallest absolute Gasteiger partial charge is 0.310 e. The van der Waals surface area contributed by atoms with Crippen molar-refractivity contribution < 1.29 is 19.4 Å². The van der Waals surface area contributed by atoms with E-state index in [-0.39, 0.29) is 18.2 Å². The van der Waals surface area contributed by atoms with E-state index < -0.39 is 11.4 Å². The van der Waals surface area contributed by atoms with E-state index in [1.807, 2.05) is 13.8 Å². The van der Waals surface area contributed by atoms with Gasteiger partial charge in [-0.2, -0.15) is 0 Å². The second-order valence-electron chi connectivity index (χ2n) is 5.05. The highest BCUT2D eigenvalue weighted by molar-refractivity contribution is 5.85. The molecule has 0 aliphatic carbocycles. The van der Waals surface area contributed by atoms with Crippen LogP contribution in [0.25, 0.3) is 0 Å². The summed E-state index contributed by atoms with van der Waals surface area (Å²) >= 11 is 0. The molecular weight excluding hydrogens is 222 g/mol. The number of carbonyl (C=O) groups is 2. The number of carboxylic acids is 1. The van der Waals surface area contributed by atoms with Gasteiger partial charge in [0.25, 0.3) is 0 Å². The van der Waals surface area contributed by atoms with Crippen LogP contribution < -0.4 is 0 Å². The molecule has 0 bridgehead atoms. The van der Waals surface area contributed by atoms with Crippen molar-refractivity contribution in [2.75, 3.05) is 26.3 Å². The summed E-state index contributed by atoms with van der Waals surface area (Å²) in [7, 11) is 0. The molecule has 0 spiro atoms. The monoisotopic (exact) mass is 243 g/mol. The lowest BCUT2D eigenvalue weighted by Crippen LogP contribution is -2.45. The highest BCUT2D eigenvalue weighted by Crippen LogP contribution is 2.32. The van der Waals surface area contributed by atoms with Crippen LogP contribution >= 0.6 is 0 Å². The molecule has 1 aliphatic rings. The number of nitrogens with zero attached hydrogens (tertiary/aromatic N) is 1. The van der Waals surface area contributed by atoms with Crippen LogP contribution in [-0.2, 0) is 14.3 Å². The van der Waals surface area contributed by atoms with Gasteiger partial charge in [0.05, 0.1) is 18.6 Å². The Labute approximate surface area is 102 Å². The van der Waals surface area contributed by atoms with E-state index in [0.29, 0.717) is 26.3 Å². The topological polar surface area (TPSA) is 66.8 Å². The number of morpholine rings is 1. The third kappa shape index (κ3) is 3.19. The van der Waals surface area contributed by atoms with Gasteiger partial charge in [-0.1, -0.05) is 13.8 Å². The Kier molecular flexibility index (Phi) is 4.51. The normalized spacial score (nSPS) is 20.1. The molecule has 1 N–H and O–H groups in total. The zero-order chi connectivity index (χ0) is 13.1. The van der Waals surface area contributed by atoms with Gasteiger partial charge in [0.2, 0.25) is 5.91 Å². The molecule has 1 rings (SSSR count). The van der Waals surface area contributed by atoms with Crippen molar-refractivity contribution in [3.8, 4) is 0 Å². The molecule has 5 nitrogen and oxygen atoms in total. The number of aliphatic carboxylic acids is 1. The maximum absolute atomic E-state index is 12.0. The van der Waals surface area contributed by atoms with Crippen molar-refractivity contribution in [3.05, 3.63) is 0 Å². The second-order valence-corrected chi connectivity index (χ2v) is 5.05. The summed E-state index contributed by atoms with van der Waals surface area (Å²) in [4.78, 5) is 25.0. The van der Waals surface area contributed by atoms with Crippen molar-refractivity contribution in [1.29, 1.82) is 0 Å². The first-order valence-electron chi connectivity index (χ1n) is 5.97. The van der Waals surface area contributed by atoms with Crippen LogP contribution in [0.2, 0.25) is 0 Å². The van der Waals surface area contributed by atoms with Gasteiger partial charge in [-0.15, -0.1) is 0 Å². The zero-order valence-corrected chi connectivity index (χ0v) is 10.7. The summed E-state index contributed by atoms with van der Waals surface area (Å²) in [6.07, 6.45) is 0.0556. The van der Waals surface area contributed by atoms with Crippen molar-refractivity contribution >= 4 is 11.9 Å². The van der Waals surface area contributed by atoms with E-state index in [4.69, 9.17) is 4.74 Å². The maximum Gasteiger partial charge on any atom is 0.310 e. The van der Waals surface area contributed by atoms with E-state index in [2.05, 4.69) is 0 Å². The molecule has 0 radical (unpaired) electrons. The lowest BCUT2D eigenvalue weighted by atomic mass is 9.76. The maximum atomic E-state index is 12.0. The predicted octanol–water partition coefficient (Wildman–Crippen LogP) is 0.982. The number of ether oxygens (including phenoxy) is 1. The Morgan fingerprint density at radius 1 is 1.35 bits per heavy atom. The Balaban J connectivity index is 2.67. The number of carboxylic acid groups (broad SMARTS) is 1. The van der Waals surface area contributed by atoms with E-state index in [0.717, 1.165) is 0 Å². The van der Waals surface area contributed by atoms with E-state index in [9.17, 15) is 14.7 Å². The fourth-order valence-electron chi connectivity index (χ4n) is 1.77. The number of hydrogen-bond acceptors (Lipinski definition) is 3. The van der Waals surface area contributed by atoms with Crippen molar-refractivity contribution in [2.24, 2.45) is 11.3 Å². The van der Waals surface area contributed by atoms with Gasteiger partial charge in [0, 0.05) is 19.5 Å². The first-order valence-corrected chi connectivity index (χ1v) is 5.97. The number of rotatable bonds is 4. The average Bonchev–Trinajstić information content (AvgIpc) is 2.29. The molecule has 98 valence electrons. The Morgan fingerprint density at radius 2 is 1.88 bits per heavy atom. The summed E-state index contributed by atoms with van der Waals surface area (Å²) in [5.41, 5.74) is -0.991. The van der Waals surface area contributed by atoms with Crippen LogP contribution in [0.1, 0.15) is 27.2 Å². The van der Waals surface area contributed by atoms with Crippen molar-refractivity contribution in [1.82, 2.24) is 4.90 Å². The Morgan fingerprint density at radius 3 is 2.29 bits per heavy atom. The number of carbonyl (C=O) groups excluding carboxylic acids is 1. The van der Waals surface area contributed by atoms with Crippen LogP contribution in [0.4, 0.5) is 0 Å². The van der Waals surface area contributed by atoms with Crippen LogP contribution in [0.15, 0.2) is 0 Å². The minimum absolute atomic E-state index is 0.0556. The SMILES string of the molecule is CC(C)C(C)(CC(=O)N1CCOCC1)C(=O)O. The Hall–Kier alpha value is -1.10. The Bertz CT molecular complexity index is 297. The number of amides is 1. The lowest BCUT2D eigenvalue weighted by molar-refractivity contribution is -0.156. The molecule has 1 atom stereocenters. The second kappa shape index (κ2) is 5.49. The summed E-state index contributed by atoms with van der Waals surface area (Å²) in [6, 6.07) is 0. The van der Waals surface area contributed by atoms with Gasteiger partial charge in [-0.3, -0.25) is 9.59 Å². The molecule has 0 saturated carbocycles. The van der Waals surface area contributed by atoms with Crippen molar-refractivity contribution in [2.45, 2.75) is 27.2 Å². The first-order chi connectivity index (χ1) is 7.88. The van der Waals surface area contributed by atoms with Crippen LogP contribution in [0.5, 0.6) is 0 Å². The molecule has 0 aromatic carbocycles. The highest BCUT2D eigenvalue weighted by Gasteiger charge is 2.40. The average molecular weight is 243 g/mol. The van der Waals surface area contributed by atoms with E-state index in [1.165, 1.54) is 0 Å². The molecule has 17 heavy (non-hydrogen) atoms. The molecular formula is C12H21NO4. The molecule has 1 aliphatic heterocycles. The summed E-state index contributed by atoms with van der Waals surface area (Å²) < 4.78 is 5.16. The largest absolute Gasteiger partial charge is 0.481 e. The highest BCUT2D eigenvalue weighted by atomic mass is 16.5. The number of hydrogen-bond donors (Lipinski definition) is 1. The minimum Gasteiger partial charge on any atom is -0.481 e. The first kappa shape index (κ1) is 14.0. The van der Waals surface area contributed by atoms with Gasteiger partial charge in [-0.25, -0.2) is 0 Å². The van der Waals surface area contributed by atoms with Gasteiger partial charge < -0.3 is 14.7 Å².